The third-order valence-corrected chi connectivity index (χ3v) is 2.96. The number of pyridine rings is 1. The molecule has 0 radical (unpaired) electrons. The van der Waals surface area contributed by atoms with E-state index in [-0.39, 0.29) is 6.03 Å². The lowest BCUT2D eigenvalue weighted by Gasteiger charge is -2.23. The van der Waals surface area contributed by atoms with Gasteiger partial charge in [-0.2, -0.15) is 0 Å². The number of carboxylic acid groups (broad SMARTS) is 1. The second kappa shape index (κ2) is 6.72. The van der Waals surface area contributed by atoms with Gasteiger partial charge in [0.2, 0.25) is 0 Å². The Labute approximate surface area is 112 Å². The van der Waals surface area contributed by atoms with E-state index in [0.29, 0.717) is 6.54 Å². The third kappa shape index (κ3) is 4.57. The number of urea groups is 1. The van der Waals surface area contributed by atoms with E-state index in [1.807, 2.05) is 12.1 Å². The molecule has 19 heavy (non-hydrogen) atoms. The second-order valence-corrected chi connectivity index (χ2v) is 4.54. The number of amides is 2. The van der Waals surface area contributed by atoms with Gasteiger partial charge in [-0.15, -0.1) is 0 Å². The molecule has 6 nitrogen and oxygen atoms in total. The summed E-state index contributed by atoms with van der Waals surface area (Å²) in [5.74, 6) is -1.56. The summed E-state index contributed by atoms with van der Waals surface area (Å²) in [5, 5.41) is 11.5. The molecule has 2 unspecified atom stereocenters. The zero-order chi connectivity index (χ0) is 14.4. The fourth-order valence-electron chi connectivity index (χ4n) is 1.45. The van der Waals surface area contributed by atoms with Crippen molar-refractivity contribution in [3.63, 3.8) is 0 Å². The van der Waals surface area contributed by atoms with Crippen molar-refractivity contribution in [2.45, 2.75) is 26.4 Å². The largest absolute Gasteiger partial charge is 0.481 e. The number of nitrogens with one attached hydrogen (secondary N) is 1. The zero-order valence-corrected chi connectivity index (χ0v) is 11.3. The average molecular weight is 265 g/mol. The highest BCUT2D eigenvalue weighted by Crippen LogP contribution is 2.04. The van der Waals surface area contributed by atoms with Crippen LogP contribution in [0.2, 0.25) is 0 Å². The van der Waals surface area contributed by atoms with Gasteiger partial charge in [-0.3, -0.25) is 9.78 Å². The van der Waals surface area contributed by atoms with Gasteiger partial charge in [-0.05, 0) is 26.0 Å². The first-order valence-corrected chi connectivity index (χ1v) is 6.06. The number of hydrogen-bond donors (Lipinski definition) is 2. The SMILES string of the molecule is CC(NC(=O)N(C)Cc1ccccn1)C(C)C(=O)O. The minimum atomic E-state index is -0.930. The Morgan fingerprint density at radius 2 is 2.11 bits per heavy atom. The lowest BCUT2D eigenvalue weighted by Crippen LogP contribution is -2.45. The summed E-state index contributed by atoms with van der Waals surface area (Å²) < 4.78 is 0. The molecule has 2 amide bonds. The molecular formula is C13H19N3O3. The molecule has 2 N–H and O–H groups in total. The van der Waals surface area contributed by atoms with Crippen molar-refractivity contribution in [1.82, 2.24) is 15.2 Å². The van der Waals surface area contributed by atoms with Gasteiger partial charge in [0, 0.05) is 19.3 Å². The molecule has 0 aliphatic heterocycles. The molecule has 0 fully saturated rings. The molecule has 1 aromatic heterocycles. The zero-order valence-electron chi connectivity index (χ0n) is 11.3. The maximum atomic E-state index is 11.9. The lowest BCUT2D eigenvalue weighted by atomic mass is 10.0. The minimum absolute atomic E-state index is 0.314. The summed E-state index contributed by atoms with van der Waals surface area (Å²) in [6, 6.07) is 4.73. The van der Waals surface area contributed by atoms with E-state index in [1.165, 1.54) is 4.90 Å². The summed E-state index contributed by atoms with van der Waals surface area (Å²) in [7, 11) is 1.64. The Hall–Kier alpha value is -2.11. The van der Waals surface area contributed by atoms with E-state index in [0.717, 1.165) is 5.69 Å². The number of aliphatic carboxylic acids is 1. The third-order valence-electron chi connectivity index (χ3n) is 2.96. The van der Waals surface area contributed by atoms with E-state index in [9.17, 15) is 9.59 Å². The maximum Gasteiger partial charge on any atom is 0.317 e. The van der Waals surface area contributed by atoms with Crippen molar-refractivity contribution in [3.8, 4) is 0 Å². The molecule has 1 heterocycles. The molecule has 0 spiro atoms. The monoisotopic (exact) mass is 265 g/mol. The molecule has 0 saturated carbocycles. The van der Waals surface area contributed by atoms with Crippen LogP contribution in [0.25, 0.3) is 0 Å². The van der Waals surface area contributed by atoms with Crippen LogP contribution in [0.15, 0.2) is 24.4 Å². The Bertz CT molecular complexity index is 436. The normalized spacial score (nSPS) is 13.4. The van der Waals surface area contributed by atoms with Crippen LogP contribution in [0, 0.1) is 5.92 Å². The number of carboxylic acids is 1. The van der Waals surface area contributed by atoms with Crippen LogP contribution < -0.4 is 5.32 Å². The first kappa shape index (κ1) is 14.9. The average Bonchev–Trinajstić information content (AvgIpc) is 2.38. The standard InChI is InChI=1S/C13H19N3O3/c1-9(12(17)18)10(2)15-13(19)16(3)8-11-6-4-5-7-14-11/h4-7,9-10H,8H2,1-3H3,(H,15,19)(H,17,18). The molecule has 1 rings (SSSR count). The van der Waals surface area contributed by atoms with Gasteiger partial charge in [0.15, 0.2) is 0 Å². The number of rotatable bonds is 5. The summed E-state index contributed by atoms with van der Waals surface area (Å²) in [4.78, 5) is 28.3. The summed E-state index contributed by atoms with van der Waals surface area (Å²) in [6.45, 7) is 3.61. The second-order valence-electron chi connectivity index (χ2n) is 4.54. The molecule has 0 aliphatic rings. The first-order chi connectivity index (χ1) is 8.91. The molecule has 0 saturated heterocycles. The van der Waals surface area contributed by atoms with Gasteiger partial charge in [-0.1, -0.05) is 6.07 Å². The van der Waals surface area contributed by atoms with Gasteiger partial charge in [0.25, 0.3) is 0 Å². The van der Waals surface area contributed by atoms with Crippen LogP contribution in [0.3, 0.4) is 0 Å². The minimum Gasteiger partial charge on any atom is -0.481 e. The van der Waals surface area contributed by atoms with Crippen LogP contribution in [0.4, 0.5) is 4.79 Å². The van der Waals surface area contributed by atoms with E-state index in [2.05, 4.69) is 10.3 Å². The van der Waals surface area contributed by atoms with Gasteiger partial charge in [0.05, 0.1) is 18.2 Å². The molecule has 0 aromatic carbocycles. The number of nitrogens with zero attached hydrogens (tertiary/aromatic N) is 2. The summed E-state index contributed by atoms with van der Waals surface area (Å²) in [6.07, 6.45) is 1.66. The molecule has 1 aromatic rings. The summed E-state index contributed by atoms with van der Waals surface area (Å²) >= 11 is 0. The number of hydrogen-bond acceptors (Lipinski definition) is 3. The molecule has 0 bridgehead atoms. The van der Waals surface area contributed by atoms with Gasteiger partial charge < -0.3 is 15.3 Å². The number of carbonyl (C=O) groups excluding carboxylic acids is 1. The predicted octanol–water partition coefficient (Wildman–Crippen LogP) is 1.33. The van der Waals surface area contributed by atoms with Crippen LogP contribution in [-0.4, -0.2) is 40.1 Å². The van der Waals surface area contributed by atoms with E-state index < -0.39 is 17.9 Å². The van der Waals surface area contributed by atoms with Crippen molar-refractivity contribution < 1.29 is 14.7 Å². The Morgan fingerprint density at radius 1 is 1.42 bits per heavy atom. The van der Waals surface area contributed by atoms with Crippen molar-refractivity contribution in [1.29, 1.82) is 0 Å². The predicted molar refractivity (Wildman–Crippen MR) is 70.5 cm³/mol. The van der Waals surface area contributed by atoms with Crippen LogP contribution in [-0.2, 0) is 11.3 Å². The maximum absolute atomic E-state index is 11.9. The van der Waals surface area contributed by atoms with Crippen molar-refractivity contribution in [2.24, 2.45) is 5.92 Å². The van der Waals surface area contributed by atoms with Crippen molar-refractivity contribution >= 4 is 12.0 Å². The van der Waals surface area contributed by atoms with E-state index in [1.54, 1.807) is 33.2 Å². The van der Waals surface area contributed by atoms with Crippen LogP contribution in [0.1, 0.15) is 19.5 Å². The smallest absolute Gasteiger partial charge is 0.317 e. The van der Waals surface area contributed by atoms with Gasteiger partial charge in [-0.25, -0.2) is 4.79 Å². The van der Waals surface area contributed by atoms with Crippen molar-refractivity contribution in [2.75, 3.05) is 7.05 Å². The first-order valence-electron chi connectivity index (χ1n) is 6.06. The number of carbonyl (C=O) groups is 2. The molecule has 0 aliphatic carbocycles. The van der Waals surface area contributed by atoms with Crippen LogP contribution >= 0.6 is 0 Å². The Kier molecular flexibility index (Phi) is 5.29. The van der Waals surface area contributed by atoms with Gasteiger partial charge in [0.1, 0.15) is 0 Å². The highest BCUT2D eigenvalue weighted by Gasteiger charge is 2.22. The highest BCUT2D eigenvalue weighted by atomic mass is 16.4. The van der Waals surface area contributed by atoms with Crippen LogP contribution in [0.5, 0.6) is 0 Å². The number of aromatic nitrogens is 1. The molecular weight excluding hydrogens is 246 g/mol. The van der Waals surface area contributed by atoms with Crippen molar-refractivity contribution in [3.05, 3.63) is 30.1 Å². The van der Waals surface area contributed by atoms with E-state index in [4.69, 9.17) is 5.11 Å². The Morgan fingerprint density at radius 3 is 2.63 bits per heavy atom. The fraction of sp³-hybridized carbons (Fsp3) is 0.462. The lowest BCUT2D eigenvalue weighted by molar-refractivity contribution is -0.141. The fourth-order valence-corrected chi connectivity index (χ4v) is 1.45. The highest BCUT2D eigenvalue weighted by molar-refractivity contribution is 5.76. The molecule has 104 valence electrons. The quantitative estimate of drug-likeness (QED) is 0.841. The topological polar surface area (TPSA) is 82.5 Å². The molecule has 6 heteroatoms. The Balaban J connectivity index is 2.51. The summed E-state index contributed by atoms with van der Waals surface area (Å²) in [5.41, 5.74) is 0.777. The van der Waals surface area contributed by atoms with E-state index >= 15 is 0 Å². The molecule has 2 atom stereocenters. The van der Waals surface area contributed by atoms with Gasteiger partial charge >= 0.3 is 12.0 Å².